The molecule has 0 saturated carbocycles. The molecule has 0 aromatic rings. The average molecular weight is 241 g/mol. The van der Waals surface area contributed by atoms with Crippen LogP contribution < -0.4 is 0 Å². The van der Waals surface area contributed by atoms with Crippen LogP contribution in [-0.4, -0.2) is 48.0 Å². The quantitative estimate of drug-likeness (QED) is 0.801. The van der Waals surface area contributed by atoms with Gasteiger partial charge in [-0.2, -0.15) is 0 Å². The zero-order chi connectivity index (χ0) is 12.5. The smallest absolute Gasteiger partial charge is 0.0727 e. The summed E-state index contributed by atoms with van der Waals surface area (Å²) in [5.74, 6) is 0.822. The van der Waals surface area contributed by atoms with Crippen LogP contribution in [0, 0.1) is 11.8 Å². The van der Waals surface area contributed by atoms with Gasteiger partial charge in [-0.1, -0.05) is 6.92 Å². The Morgan fingerprint density at radius 1 is 1.29 bits per heavy atom. The second kappa shape index (κ2) is 5.25. The van der Waals surface area contributed by atoms with Gasteiger partial charge in [0.05, 0.1) is 5.60 Å². The molecule has 2 saturated heterocycles. The normalized spacial score (nSPS) is 37.6. The number of likely N-dealkylation sites (tertiary alicyclic amines) is 1. The summed E-state index contributed by atoms with van der Waals surface area (Å²) in [6, 6.07) is 0.594. The van der Waals surface area contributed by atoms with Crippen LogP contribution in [0.5, 0.6) is 0 Å². The topological polar surface area (TPSA) is 32.7 Å². The first-order valence-electron chi connectivity index (χ1n) is 7.08. The maximum atomic E-state index is 11.0. The lowest BCUT2D eigenvalue weighted by Gasteiger charge is -2.49. The van der Waals surface area contributed by atoms with Crippen molar-refractivity contribution in [2.75, 3.05) is 26.3 Å². The molecule has 2 aliphatic heterocycles. The van der Waals surface area contributed by atoms with Crippen molar-refractivity contribution in [2.24, 2.45) is 11.8 Å². The molecule has 0 bridgehead atoms. The molecular formula is C14H27NO2. The van der Waals surface area contributed by atoms with Crippen LogP contribution in [0.15, 0.2) is 0 Å². The van der Waals surface area contributed by atoms with Gasteiger partial charge in [-0.3, -0.25) is 0 Å². The molecule has 17 heavy (non-hydrogen) atoms. The van der Waals surface area contributed by atoms with Crippen molar-refractivity contribution in [1.29, 1.82) is 0 Å². The van der Waals surface area contributed by atoms with E-state index in [9.17, 15) is 5.11 Å². The number of hydrogen-bond acceptors (Lipinski definition) is 3. The van der Waals surface area contributed by atoms with Gasteiger partial charge >= 0.3 is 0 Å². The monoisotopic (exact) mass is 241 g/mol. The van der Waals surface area contributed by atoms with Crippen molar-refractivity contribution >= 4 is 0 Å². The van der Waals surface area contributed by atoms with E-state index < -0.39 is 5.60 Å². The van der Waals surface area contributed by atoms with E-state index in [2.05, 4.69) is 25.7 Å². The fourth-order valence-corrected chi connectivity index (χ4v) is 3.44. The van der Waals surface area contributed by atoms with E-state index in [0.29, 0.717) is 17.9 Å². The molecule has 1 N–H and O–H groups in total. The maximum Gasteiger partial charge on any atom is 0.0727 e. The SMILES string of the molecule is CC(C)N1CC[C@@](O)(C2CCOCC2)[C@H](C)C1. The Labute approximate surface area is 105 Å². The van der Waals surface area contributed by atoms with Gasteiger partial charge in [-0.05, 0) is 44.9 Å². The van der Waals surface area contributed by atoms with Crippen molar-refractivity contribution in [2.45, 2.75) is 51.7 Å². The fourth-order valence-electron chi connectivity index (χ4n) is 3.44. The molecule has 3 heteroatoms. The molecule has 0 unspecified atom stereocenters. The Morgan fingerprint density at radius 2 is 1.94 bits per heavy atom. The molecule has 3 nitrogen and oxygen atoms in total. The zero-order valence-corrected chi connectivity index (χ0v) is 11.5. The molecule has 0 aromatic carbocycles. The van der Waals surface area contributed by atoms with Crippen LogP contribution in [0.3, 0.4) is 0 Å². The van der Waals surface area contributed by atoms with E-state index >= 15 is 0 Å². The number of piperidine rings is 1. The molecule has 2 atom stereocenters. The van der Waals surface area contributed by atoms with E-state index in [4.69, 9.17) is 4.74 Å². The van der Waals surface area contributed by atoms with Gasteiger partial charge in [0, 0.05) is 32.3 Å². The Kier molecular flexibility index (Phi) is 4.11. The van der Waals surface area contributed by atoms with E-state index in [1.54, 1.807) is 0 Å². The molecule has 0 spiro atoms. The number of nitrogens with zero attached hydrogens (tertiary/aromatic N) is 1. The van der Waals surface area contributed by atoms with Crippen molar-refractivity contribution in [3.05, 3.63) is 0 Å². The first kappa shape index (κ1) is 13.3. The molecule has 2 fully saturated rings. The largest absolute Gasteiger partial charge is 0.389 e. The van der Waals surface area contributed by atoms with Crippen molar-refractivity contribution in [3.63, 3.8) is 0 Å². The lowest BCUT2D eigenvalue weighted by Crippen LogP contribution is -2.56. The molecule has 0 radical (unpaired) electrons. The fraction of sp³-hybridized carbons (Fsp3) is 1.00. The number of rotatable bonds is 2. The minimum Gasteiger partial charge on any atom is -0.389 e. The van der Waals surface area contributed by atoms with Crippen LogP contribution in [0.25, 0.3) is 0 Å². The number of aliphatic hydroxyl groups is 1. The van der Waals surface area contributed by atoms with Gasteiger partial charge in [0.15, 0.2) is 0 Å². The summed E-state index contributed by atoms with van der Waals surface area (Å²) in [5.41, 5.74) is -0.449. The molecule has 0 aromatic heterocycles. The lowest BCUT2D eigenvalue weighted by molar-refractivity contribution is -0.133. The first-order chi connectivity index (χ1) is 8.04. The number of hydrogen-bond donors (Lipinski definition) is 1. The molecule has 2 aliphatic rings. The van der Waals surface area contributed by atoms with E-state index in [1.165, 1.54) is 0 Å². The van der Waals surface area contributed by atoms with Gasteiger partial charge in [-0.15, -0.1) is 0 Å². The summed E-state index contributed by atoms with van der Waals surface area (Å²) in [6.45, 7) is 10.4. The van der Waals surface area contributed by atoms with Crippen LogP contribution in [0.1, 0.15) is 40.0 Å². The first-order valence-corrected chi connectivity index (χ1v) is 7.08. The van der Waals surface area contributed by atoms with Gasteiger partial charge in [0.2, 0.25) is 0 Å². The van der Waals surface area contributed by atoms with E-state index in [1.807, 2.05) is 0 Å². The highest BCUT2D eigenvalue weighted by molar-refractivity contribution is 4.97. The third-order valence-electron chi connectivity index (χ3n) is 4.82. The van der Waals surface area contributed by atoms with E-state index in [0.717, 1.165) is 45.6 Å². The molecule has 100 valence electrons. The highest BCUT2D eigenvalue weighted by Crippen LogP contribution is 2.39. The van der Waals surface area contributed by atoms with Crippen molar-refractivity contribution < 1.29 is 9.84 Å². The highest BCUT2D eigenvalue weighted by Gasteiger charge is 2.45. The summed E-state index contributed by atoms with van der Waals surface area (Å²) in [5, 5.41) is 11.0. The number of ether oxygens (including phenoxy) is 1. The molecule has 0 amide bonds. The second-order valence-electron chi connectivity index (χ2n) is 6.12. The third-order valence-corrected chi connectivity index (χ3v) is 4.82. The minimum absolute atomic E-state index is 0.377. The van der Waals surface area contributed by atoms with Gasteiger partial charge in [-0.25, -0.2) is 0 Å². The van der Waals surface area contributed by atoms with Crippen LogP contribution in [0.4, 0.5) is 0 Å². The van der Waals surface area contributed by atoms with Crippen LogP contribution >= 0.6 is 0 Å². The Balaban J connectivity index is 2.00. The zero-order valence-electron chi connectivity index (χ0n) is 11.5. The standard InChI is InChI=1S/C14H27NO2/c1-11(2)15-7-6-14(16,12(3)10-15)13-4-8-17-9-5-13/h11-13,16H,4-10H2,1-3H3/t12-,14+/m1/s1. The third kappa shape index (κ3) is 2.67. The van der Waals surface area contributed by atoms with Gasteiger partial charge in [0.25, 0.3) is 0 Å². The predicted octanol–water partition coefficient (Wildman–Crippen LogP) is 1.89. The Hall–Kier alpha value is -0.120. The van der Waals surface area contributed by atoms with Gasteiger partial charge < -0.3 is 14.7 Å². The maximum absolute atomic E-state index is 11.0. The predicted molar refractivity (Wildman–Crippen MR) is 69.0 cm³/mol. The van der Waals surface area contributed by atoms with E-state index in [-0.39, 0.29) is 0 Å². The summed E-state index contributed by atoms with van der Waals surface area (Å²) < 4.78 is 5.41. The second-order valence-corrected chi connectivity index (χ2v) is 6.12. The Morgan fingerprint density at radius 3 is 2.47 bits per heavy atom. The molecule has 0 aliphatic carbocycles. The highest BCUT2D eigenvalue weighted by atomic mass is 16.5. The minimum atomic E-state index is -0.449. The summed E-state index contributed by atoms with van der Waals surface area (Å²) in [6.07, 6.45) is 2.99. The molecular weight excluding hydrogens is 214 g/mol. The van der Waals surface area contributed by atoms with Gasteiger partial charge in [0.1, 0.15) is 0 Å². The molecule has 2 heterocycles. The van der Waals surface area contributed by atoms with Crippen molar-refractivity contribution in [1.82, 2.24) is 4.90 Å². The molecule has 2 rings (SSSR count). The van der Waals surface area contributed by atoms with Crippen LogP contribution in [0.2, 0.25) is 0 Å². The van der Waals surface area contributed by atoms with Crippen LogP contribution in [-0.2, 0) is 4.74 Å². The lowest BCUT2D eigenvalue weighted by atomic mass is 9.70. The Bertz CT molecular complexity index is 251. The summed E-state index contributed by atoms with van der Waals surface area (Å²) in [4.78, 5) is 2.48. The summed E-state index contributed by atoms with van der Waals surface area (Å²) >= 11 is 0. The average Bonchev–Trinajstić information content (AvgIpc) is 2.33. The summed E-state index contributed by atoms with van der Waals surface area (Å²) in [7, 11) is 0. The van der Waals surface area contributed by atoms with Crippen molar-refractivity contribution in [3.8, 4) is 0 Å².